The van der Waals surface area contributed by atoms with Crippen molar-refractivity contribution >= 4 is 29.2 Å². The largest absolute Gasteiger partial charge is 0.398 e. The van der Waals surface area contributed by atoms with Gasteiger partial charge < -0.3 is 10.3 Å². The number of nitrogens with zero attached hydrogens (tertiary/aromatic N) is 2. The van der Waals surface area contributed by atoms with Crippen molar-refractivity contribution in [3.8, 4) is 0 Å². The van der Waals surface area contributed by atoms with Crippen LogP contribution in [0.25, 0.3) is 11.0 Å². The summed E-state index contributed by atoms with van der Waals surface area (Å²) in [6, 6.07) is 3.69. The molecule has 0 amide bonds. The van der Waals surface area contributed by atoms with Crippen molar-refractivity contribution in [2.24, 2.45) is 7.05 Å². The fourth-order valence-corrected chi connectivity index (χ4v) is 3.23. The van der Waals surface area contributed by atoms with Crippen LogP contribution in [0, 0.1) is 0 Å². The van der Waals surface area contributed by atoms with E-state index < -0.39 is 7.14 Å². The van der Waals surface area contributed by atoms with Gasteiger partial charge in [-0.1, -0.05) is 0 Å². The van der Waals surface area contributed by atoms with E-state index in [-0.39, 0.29) is 0 Å². The number of aromatic nitrogens is 2. The molecule has 0 bridgehead atoms. The molecule has 2 N–H and O–H groups in total. The van der Waals surface area contributed by atoms with E-state index in [1.54, 1.807) is 25.6 Å². The first-order chi connectivity index (χ1) is 7.41. The van der Waals surface area contributed by atoms with E-state index in [1.165, 1.54) is 0 Å². The Morgan fingerprint density at radius 2 is 2.06 bits per heavy atom. The van der Waals surface area contributed by atoms with Crippen LogP contribution in [0.5, 0.6) is 0 Å². The van der Waals surface area contributed by atoms with Crippen LogP contribution in [-0.4, -0.2) is 18.3 Å². The van der Waals surface area contributed by atoms with E-state index in [2.05, 4.69) is 4.98 Å². The highest BCUT2D eigenvalue weighted by atomic mass is 31.2. The van der Waals surface area contributed by atoms with E-state index in [0.717, 1.165) is 11.0 Å². The molecule has 0 aliphatic heterocycles. The van der Waals surface area contributed by atoms with Gasteiger partial charge in [0.2, 0.25) is 5.52 Å². The van der Waals surface area contributed by atoms with Crippen LogP contribution in [0.1, 0.15) is 0 Å². The van der Waals surface area contributed by atoms with E-state index in [9.17, 15) is 4.57 Å². The van der Waals surface area contributed by atoms with E-state index in [4.69, 9.17) is 5.73 Å². The van der Waals surface area contributed by atoms with Crippen molar-refractivity contribution in [2.75, 3.05) is 19.1 Å². The van der Waals surface area contributed by atoms with Crippen molar-refractivity contribution < 1.29 is 9.13 Å². The number of hydrogen-bond donors (Lipinski definition) is 1. The summed E-state index contributed by atoms with van der Waals surface area (Å²) >= 11 is 0. The molecule has 16 heavy (non-hydrogen) atoms. The first-order valence-electron chi connectivity index (χ1n) is 4.99. The Morgan fingerprint density at radius 3 is 2.69 bits per heavy atom. The highest BCUT2D eigenvalue weighted by Gasteiger charge is 2.22. The number of rotatable bonds is 1. The highest BCUT2D eigenvalue weighted by molar-refractivity contribution is 7.71. The molecular formula is C11H15N3OP+. The lowest BCUT2D eigenvalue weighted by atomic mass is 10.2. The summed E-state index contributed by atoms with van der Waals surface area (Å²) in [4.78, 5) is 4.30. The molecule has 1 heterocycles. The number of nitrogen functional groups attached to an aromatic ring is 1. The number of aryl methyl sites for hydroxylation is 1. The van der Waals surface area contributed by atoms with Gasteiger partial charge in [-0.05, 0) is 19.4 Å². The van der Waals surface area contributed by atoms with Crippen LogP contribution in [0.3, 0.4) is 0 Å². The van der Waals surface area contributed by atoms with Gasteiger partial charge in [0.05, 0.1) is 11.5 Å². The van der Waals surface area contributed by atoms with Crippen molar-refractivity contribution in [1.29, 1.82) is 0 Å². The van der Waals surface area contributed by atoms with Crippen molar-refractivity contribution in [1.82, 2.24) is 4.98 Å². The summed E-state index contributed by atoms with van der Waals surface area (Å²) in [5.74, 6) is 0. The fourth-order valence-electron chi connectivity index (χ4n) is 1.85. The van der Waals surface area contributed by atoms with Gasteiger partial charge in [0, 0.05) is 11.8 Å². The summed E-state index contributed by atoms with van der Waals surface area (Å²) in [5.41, 5.74) is 8.13. The number of benzene rings is 1. The second kappa shape index (κ2) is 3.56. The monoisotopic (exact) mass is 236 g/mol. The maximum atomic E-state index is 12.2. The first kappa shape index (κ1) is 11.1. The average Bonchev–Trinajstić information content (AvgIpc) is 2.15. The molecule has 84 valence electrons. The third-order valence-corrected chi connectivity index (χ3v) is 4.12. The third kappa shape index (κ3) is 1.69. The normalized spacial score (nSPS) is 11.9. The Labute approximate surface area is 94.5 Å². The van der Waals surface area contributed by atoms with Gasteiger partial charge in [-0.3, -0.25) is 0 Å². The van der Waals surface area contributed by atoms with Crippen LogP contribution in [0.4, 0.5) is 5.69 Å². The smallest absolute Gasteiger partial charge is 0.231 e. The molecule has 0 aliphatic rings. The molecule has 0 saturated heterocycles. The lowest BCUT2D eigenvalue weighted by Gasteiger charge is -2.11. The van der Waals surface area contributed by atoms with Crippen molar-refractivity contribution in [3.63, 3.8) is 0 Å². The molecule has 0 aliphatic carbocycles. The van der Waals surface area contributed by atoms with Crippen LogP contribution in [0.15, 0.2) is 24.5 Å². The molecule has 5 heteroatoms. The SMILES string of the molecule is C[n+]1ccnc2c(P(C)(C)=O)c(N)ccc21. The van der Waals surface area contributed by atoms with Gasteiger partial charge in [0.15, 0.2) is 6.20 Å². The Kier molecular flexibility index (Phi) is 2.47. The summed E-state index contributed by atoms with van der Waals surface area (Å²) in [7, 11) is -0.491. The molecule has 1 aromatic carbocycles. The van der Waals surface area contributed by atoms with Gasteiger partial charge in [-0.25, -0.2) is 4.98 Å². The topological polar surface area (TPSA) is 59.9 Å². The molecular weight excluding hydrogens is 221 g/mol. The minimum absolute atomic E-state index is 0.555. The van der Waals surface area contributed by atoms with Gasteiger partial charge in [-0.15, -0.1) is 0 Å². The van der Waals surface area contributed by atoms with E-state index in [1.807, 2.05) is 23.9 Å². The van der Waals surface area contributed by atoms with Crippen LogP contribution in [0.2, 0.25) is 0 Å². The molecule has 0 fully saturated rings. The number of hydrogen-bond acceptors (Lipinski definition) is 3. The second-order valence-electron chi connectivity index (χ2n) is 4.26. The fraction of sp³-hybridized carbons (Fsp3) is 0.273. The zero-order chi connectivity index (χ0) is 11.9. The maximum Gasteiger partial charge on any atom is 0.231 e. The minimum atomic E-state index is -2.42. The number of fused-ring (bicyclic) bond motifs is 1. The zero-order valence-electron chi connectivity index (χ0n) is 9.64. The maximum absolute atomic E-state index is 12.2. The predicted molar refractivity (Wildman–Crippen MR) is 66.4 cm³/mol. The molecule has 0 radical (unpaired) electrons. The summed E-state index contributed by atoms with van der Waals surface area (Å²) in [6.45, 7) is 3.43. The van der Waals surface area contributed by atoms with E-state index >= 15 is 0 Å². The van der Waals surface area contributed by atoms with Crippen molar-refractivity contribution in [2.45, 2.75) is 0 Å². The van der Waals surface area contributed by atoms with Crippen LogP contribution < -0.4 is 15.6 Å². The Bertz CT molecular complexity index is 603. The molecule has 1 aromatic heterocycles. The molecule has 4 nitrogen and oxygen atoms in total. The van der Waals surface area contributed by atoms with Gasteiger partial charge in [0.25, 0.3) is 0 Å². The Balaban J connectivity index is 2.97. The first-order valence-corrected chi connectivity index (χ1v) is 7.60. The highest BCUT2D eigenvalue weighted by Crippen LogP contribution is 2.39. The molecule has 0 atom stereocenters. The zero-order valence-corrected chi connectivity index (χ0v) is 10.5. The quantitative estimate of drug-likeness (QED) is 0.454. The van der Waals surface area contributed by atoms with E-state index in [0.29, 0.717) is 11.0 Å². The second-order valence-corrected chi connectivity index (χ2v) is 7.41. The summed E-state index contributed by atoms with van der Waals surface area (Å²) < 4.78 is 14.2. The third-order valence-electron chi connectivity index (χ3n) is 2.57. The molecule has 2 aromatic rings. The number of nitrogens with two attached hydrogens (primary N) is 1. The predicted octanol–water partition coefficient (Wildman–Crippen LogP) is 0.889. The summed E-state index contributed by atoms with van der Waals surface area (Å²) in [5, 5.41) is 0.682. The average molecular weight is 236 g/mol. The van der Waals surface area contributed by atoms with Crippen LogP contribution in [-0.2, 0) is 11.6 Å². The molecule has 0 saturated carbocycles. The van der Waals surface area contributed by atoms with Gasteiger partial charge >= 0.3 is 0 Å². The van der Waals surface area contributed by atoms with Crippen LogP contribution >= 0.6 is 7.14 Å². The lowest BCUT2D eigenvalue weighted by Crippen LogP contribution is -2.30. The lowest BCUT2D eigenvalue weighted by molar-refractivity contribution is -0.645. The standard InChI is InChI=1S/C11H15N3OP/c1-14-7-6-13-10-9(14)5-4-8(12)11(10)16(2,3)15/h4-7H,12H2,1-3H3/q+1. The number of anilines is 1. The minimum Gasteiger partial charge on any atom is -0.398 e. The van der Waals surface area contributed by atoms with Gasteiger partial charge in [0.1, 0.15) is 19.7 Å². The molecule has 0 unspecified atom stereocenters. The van der Waals surface area contributed by atoms with Crippen molar-refractivity contribution in [3.05, 3.63) is 24.5 Å². The summed E-state index contributed by atoms with van der Waals surface area (Å²) in [6.07, 6.45) is 3.56. The molecule has 2 rings (SSSR count). The molecule has 0 spiro atoms. The Hall–Kier alpha value is -1.41. The Morgan fingerprint density at radius 1 is 1.38 bits per heavy atom. The van der Waals surface area contributed by atoms with Gasteiger partial charge in [-0.2, -0.15) is 4.57 Å².